The molecule has 0 amide bonds. The maximum atomic E-state index is 12.8. The van der Waals surface area contributed by atoms with Crippen LogP contribution in [0.1, 0.15) is 233 Å². The predicted octanol–water partition coefficient (Wildman–Crippen LogP) is 13.6. The van der Waals surface area contributed by atoms with Crippen LogP contribution in [0.25, 0.3) is 0 Å². The van der Waals surface area contributed by atoms with E-state index in [9.17, 15) is 9.59 Å². The maximum Gasteiger partial charge on any atom is 0.308 e. The number of ether oxygens (including phenoxy) is 2. The van der Waals surface area contributed by atoms with Crippen molar-refractivity contribution >= 4 is 11.9 Å². The minimum Gasteiger partial charge on any atom is -0.466 e. The fraction of sp³-hybridized carbons (Fsp3) is 0.955. The zero-order chi connectivity index (χ0) is 35.9. The predicted molar refractivity (Wildman–Crippen MR) is 212 cm³/mol. The molecule has 0 aliphatic rings. The first-order valence-corrected chi connectivity index (χ1v) is 22.1. The minimum absolute atomic E-state index is 0.000477. The second kappa shape index (κ2) is 39.7. The molecule has 0 aromatic rings. The highest BCUT2D eigenvalue weighted by atomic mass is 16.5. The molecule has 0 radical (unpaired) electrons. The Balaban J connectivity index is 3.72. The number of hydrogen-bond acceptors (Lipinski definition) is 5. The van der Waals surface area contributed by atoms with Crippen LogP contribution in [0.5, 0.6) is 0 Å². The Kier molecular flexibility index (Phi) is 38.8. The van der Waals surface area contributed by atoms with E-state index in [2.05, 4.69) is 32.6 Å². The van der Waals surface area contributed by atoms with Crippen molar-refractivity contribution in [3.8, 4) is 0 Å². The third kappa shape index (κ3) is 35.1. The van der Waals surface area contributed by atoms with Crippen LogP contribution in [0.2, 0.25) is 0 Å². The molecule has 0 saturated carbocycles. The Bertz CT molecular complexity index is 684. The standard InChI is InChI=1S/C44H87NO4/c1-5-9-12-15-19-26-33-40-48-43(46)37-30-23-21-25-32-39-45(8-4)38-31-24-18-17-20-27-34-41-49-44(47)42(35-28-14-11-7-3)36-29-22-16-13-10-6-2/h42H,5-41H2,1-4H3. The van der Waals surface area contributed by atoms with Crippen molar-refractivity contribution in [2.75, 3.05) is 32.8 Å². The van der Waals surface area contributed by atoms with Gasteiger partial charge >= 0.3 is 11.9 Å². The molecule has 292 valence electrons. The summed E-state index contributed by atoms with van der Waals surface area (Å²) in [5, 5.41) is 0. The lowest BCUT2D eigenvalue weighted by Crippen LogP contribution is -2.25. The molecule has 0 rings (SSSR count). The summed E-state index contributed by atoms with van der Waals surface area (Å²) in [6, 6.07) is 0. The molecule has 0 bridgehead atoms. The van der Waals surface area contributed by atoms with Crippen molar-refractivity contribution in [3.63, 3.8) is 0 Å². The molecule has 0 aromatic heterocycles. The Labute approximate surface area is 307 Å². The average molecular weight is 694 g/mol. The quantitative estimate of drug-likeness (QED) is 0.0472. The summed E-state index contributed by atoms with van der Waals surface area (Å²) in [7, 11) is 0. The van der Waals surface area contributed by atoms with Crippen molar-refractivity contribution in [3.05, 3.63) is 0 Å². The van der Waals surface area contributed by atoms with Gasteiger partial charge in [-0.3, -0.25) is 9.59 Å². The number of rotatable bonds is 40. The van der Waals surface area contributed by atoms with Gasteiger partial charge in [0.15, 0.2) is 0 Å². The average Bonchev–Trinajstić information content (AvgIpc) is 3.11. The van der Waals surface area contributed by atoms with Gasteiger partial charge in [0.1, 0.15) is 0 Å². The molecule has 0 aliphatic carbocycles. The SMILES string of the molecule is CCCCCCCCCOC(=O)CCCCCCCN(CC)CCCCCCCCCOC(=O)C(CCCCCC)CCCCCCCC. The molecule has 0 N–H and O–H groups in total. The first-order valence-electron chi connectivity index (χ1n) is 22.1. The van der Waals surface area contributed by atoms with Crippen LogP contribution < -0.4 is 0 Å². The van der Waals surface area contributed by atoms with E-state index >= 15 is 0 Å². The van der Waals surface area contributed by atoms with Crippen LogP contribution in [-0.2, 0) is 19.1 Å². The molecule has 1 unspecified atom stereocenters. The number of hydrogen-bond donors (Lipinski definition) is 0. The smallest absolute Gasteiger partial charge is 0.308 e. The Morgan fingerprint density at radius 2 is 0.796 bits per heavy atom. The monoisotopic (exact) mass is 694 g/mol. The van der Waals surface area contributed by atoms with Gasteiger partial charge in [-0.2, -0.15) is 0 Å². The van der Waals surface area contributed by atoms with Crippen molar-refractivity contribution in [2.45, 2.75) is 233 Å². The molecule has 0 aliphatic heterocycles. The Morgan fingerprint density at radius 3 is 1.27 bits per heavy atom. The van der Waals surface area contributed by atoms with E-state index in [4.69, 9.17) is 9.47 Å². The Morgan fingerprint density at radius 1 is 0.429 bits per heavy atom. The molecule has 5 heteroatoms. The normalized spacial score (nSPS) is 12.1. The van der Waals surface area contributed by atoms with Crippen LogP contribution >= 0.6 is 0 Å². The highest BCUT2D eigenvalue weighted by Crippen LogP contribution is 2.21. The van der Waals surface area contributed by atoms with E-state index < -0.39 is 0 Å². The number of esters is 2. The highest BCUT2D eigenvalue weighted by molar-refractivity contribution is 5.72. The molecular formula is C44H87NO4. The molecule has 1 atom stereocenters. The largest absolute Gasteiger partial charge is 0.466 e. The summed E-state index contributed by atoms with van der Waals surface area (Å²) >= 11 is 0. The second-order valence-electron chi connectivity index (χ2n) is 15.0. The summed E-state index contributed by atoms with van der Waals surface area (Å²) in [6.45, 7) is 13.8. The van der Waals surface area contributed by atoms with Gasteiger partial charge < -0.3 is 14.4 Å². The van der Waals surface area contributed by atoms with Gasteiger partial charge in [0.05, 0.1) is 19.1 Å². The van der Waals surface area contributed by atoms with Gasteiger partial charge in [0.2, 0.25) is 0 Å². The molecule has 0 fully saturated rings. The maximum absolute atomic E-state index is 12.8. The molecule has 0 aromatic carbocycles. The zero-order valence-electron chi connectivity index (χ0n) is 33.8. The molecule has 0 saturated heterocycles. The van der Waals surface area contributed by atoms with E-state index in [0.717, 1.165) is 45.1 Å². The van der Waals surface area contributed by atoms with Crippen molar-refractivity contribution in [2.24, 2.45) is 5.92 Å². The summed E-state index contributed by atoms with van der Waals surface area (Å²) < 4.78 is 11.2. The van der Waals surface area contributed by atoms with Gasteiger partial charge in [-0.05, 0) is 64.6 Å². The fourth-order valence-corrected chi connectivity index (χ4v) is 6.86. The van der Waals surface area contributed by atoms with E-state index in [0.29, 0.717) is 19.6 Å². The van der Waals surface area contributed by atoms with E-state index in [-0.39, 0.29) is 17.9 Å². The lowest BCUT2D eigenvalue weighted by molar-refractivity contribution is -0.149. The van der Waals surface area contributed by atoms with Gasteiger partial charge in [-0.1, -0.05) is 182 Å². The number of carbonyl (C=O) groups is 2. The highest BCUT2D eigenvalue weighted by Gasteiger charge is 2.19. The molecule has 5 nitrogen and oxygen atoms in total. The Hall–Kier alpha value is -1.10. The lowest BCUT2D eigenvalue weighted by Gasteiger charge is -2.20. The van der Waals surface area contributed by atoms with Crippen LogP contribution in [0, 0.1) is 5.92 Å². The second-order valence-corrected chi connectivity index (χ2v) is 15.0. The number of carbonyl (C=O) groups excluding carboxylic acids is 2. The van der Waals surface area contributed by atoms with Crippen molar-refractivity contribution < 1.29 is 19.1 Å². The number of unbranched alkanes of at least 4 members (excludes halogenated alkanes) is 24. The molecular weight excluding hydrogens is 606 g/mol. The minimum atomic E-state index is -0.000477. The van der Waals surface area contributed by atoms with E-state index in [1.807, 2.05) is 0 Å². The van der Waals surface area contributed by atoms with Crippen LogP contribution in [-0.4, -0.2) is 49.7 Å². The van der Waals surface area contributed by atoms with E-state index in [1.54, 1.807) is 0 Å². The third-order valence-corrected chi connectivity index (χ3v) is 10.3. The first kappa shape index (κ1) is 47.9. The summed E-state index contributed by atoms with van der Waals surface area (Å²) in [4.78, 5) is 27.4. The van der Waals surface area contributed by atoms with Crippen molar-refractivity contribution in [1.82, 2.24) is 4.90 Å². The van der Waals surface area contributed by atoms with Gasteiger partial charge in [-0.25, -0.2) is 0 Å². The van der Waals surface area contributed by atoms with Crippen LogP contribution in [0.3, 0.4) is 0 Å². The lowest BCUT2D eigenvalue weighted by atomic mass is 9.94. The third-order valence-electron chi connectivity index (χ3n) is 10.3. The van der Waals surface area contributed by atoms with Crippen LogP contribution in [0.15, 0.2) is 0 Å². The molecule has 0 spiro atoms. The topological polar surface area (TPSA) is 55.8 Å². The van der Waals surface area contributed by atoms with Crippen molar-refractivity contribution in [1.29, 1.82) is 0 Å². The van der Waals surface area contributed by atoms with Gasteiger partial charge in [0, 0.05) is 6.42 Å². The molecule has 49 heavy (non-hydrogen) atoms. The number of nitrogens with zero attached hydrogens (tertiary/aromatic N) is 1. The van der Waals surface area contributed by atoms with E-state index in [1.165, 1.54) is 174 Å². The fourth-order valence-electron chi connectivity index (χ4n) is 6.86. The summed E-state index contributed by atoms with van der Waals surface area (Å²) in [6.07, 6.45) is 38.6. The first-order chi connectivity index (χ1) is 24.1. The summed E-state index contributed by atoms with van der Waals surface area (Å²) in [5.74, 6) is 0.202. The molecule has 0 heterocycles. The van der Waals surface area contributed by atoms with Gasteiger partial charge in [0.25, 0.3) is 0 Å². The van der Waals surface area contributed by atoms with Crippen LogP contribution in [0.4, 0.5) is 0 Å². The summed E-state index contributed by atoms with van der Waals surface area (Å²) in [5.41, 5.74) is 0. The zero-order valence-corrected chi connectivity index (χ0v) is 33.8. The van der Waals surface area contributed by atoms with Gasteiger partial charge in [-0.15, -0.1) is 0 Å².